The fourth-order valence-corrected chi connectivity index (χ4v) is 2.37. The minimum absolute atomic E-state index is 0.253. The van der Waals surface area contributed by atoms with E-state index in [4.69, 9.17) is 0 Å². The molecule has 0 saturated heterocycles. The molecule has 19 heavy (non-hydrogen) atoms. The fraction of sp³-hybridized carbons (Fsp3) is 0.133. The van der Waals surface area contributed by atoms with E-state index in [2.05, 4.69) is 15.9 Å². The van der Waals surface area contributed by atoms with E-state index < -0.39 is 0 Å². The first kappa shape index (κ1) is 13.7. The third-order valence-electron chi connectivity index (χ3n) is 2.88. The maximum absolute atomic E-state index is 13.0. The van der Waals surface area contributed by atoms with Gasteiger partial charge in [0.05, 0.1) is 0 Å². The van der Waals surface area contributed by atoms with Crippen molar-refractivity contribution in [2.45, 2.75) is 6.92 Å². The molecule has 0 atom stereocenters. The lowest BCUT2D eigenvalue weighted by molar-refractivity contribution is 0.112. The summed E-state index contributed by atoms with van der Waals surface area (Å²) in [7, 11) is 0. The first-order valence-corrected chi connectivity index (χ1v) is 6.73. The van der Waals surface area contributed by atoms with Crippen LogP contribution in [0, 0.1) is 5.82 Å². The van der Waals surface area contributed by atoms with Gasteiger partial charge in [-0.25, -0.2) is 4.39 Å². The van der Waals surface area contributed by atoms with Crippen LogP contribution < -0.4 is 4.90 Å². The van der Waals surface area contributed by atoms with Crippen LogP contribution in [0.4, 0.5) is 15.8 Å². The van der Waals surface area contributed by atoms with Crippen molar-refractivity contribution in [1.82, 2.24) is 0 Å². The van der Waals surface area contributed by atoms with Gasteiger partial charge >= 0.3 is 0 Å². The summed E-state index contributed by atoms with van der Waals surface area (Å²) in [5, 5.41) is 0. The van der Waals surface area contributed by atoms with Crippen molar-refractivity contribution in [3.8, 4) is 0 Å². The molecule has 0 heterocycles. The van der Waals surface area contributed by atoms with Gasteiger partial charge in [-0.3, -0.25) is 4.79 Å². The Morgan fingerprint density at radius 2 is 1.79 bits per heavy atom. The third-order valence-corrected chi connectivity index (χ3v) is 3.56. The number of rotatable bonds is 4. The monoisotopic (exact) mass is 321 g/mol. The van der Waals surface area contributed by atoms with Crippen LogP contribution in [0.1, 0.15) is 17.3 Å². The summed E-state index contributed by atoms with van der Waals surface area (Å²) >= 11 is 3.37. The Hall–Kier alpha value is -1.68. The molecule has 0 N–H and O–H groups in total. The molecule has 0 amide bonds. The van der Waals surface area contributed by atoms with E-state index in [0.29, 0.717) is 5.56 Å². The molecular weight excluding hydrogens is 309 g/mol. The number of anilines is 2. The van der Waals surface area contributed by atoms with E-state index in [1.807, 2.05) is 24.0 Å². The van der Waals surface area contributed by atoms with Crippen LogP contribution in [-0.4, -0.2) is 12.8 Å². The summed E-state index contributed by atoms with van der Waals surface area (Å²) in [6, 6.07) is 11.9. The summed E-state index contributed by atoms with van der Waals surface area (Å²) < 4.78 is 13.7. The highest BCUT2D eigenvalue weighted by molar-refractivity contribution is 9.10. The normalized spacial score (nSPS) is 10.3. The van der Waals surface area contributed by atoms with Crippen LogP contribution in [0.25, 0.3) is 0 Å². The molecule has 4 heteroatoms. The van der Waals surface area contributed by atoms with Gasteiger partial charge in [0.1, 0.15) is 5.82 Å². The molecule has 0 aliphatic rings. The lowest BCUT2D eigenvalue weighted by atomic mass is 10.2. The molecule has 0 spiro atoms. The van der Waals surface area contributed by atoms with Crippen LogP contribution >= 0.6 is 15.9 Å². The van der Waals surface area contributed by atoms with Crippen molar-refractivity contribution >= 4 is 33.6 Å². The zero-order chi connectivity index (χ0) is 13.8. The maximum atomic E-state index is 13.0. The number of aldehydes is 1. The first-order chi connectivity index (χ1) is 9.15. The summed E-state index contributed by atoms with van der Waals surface area (Å²) in [6.07, 6.45) is 0.808. The van der Waals surface area contributed by atoms with Crippen molar-refractivity contribution < 1.29 is 9.18 Å². The zero-order valence-electron chi connectivity index (χ0n) is 10.4. The Morgan fingerprint density at radius 3 is 2.32 bits per heavy atom. The second-order valence-corrected chi connectivity index (χ2v) is 4.90. The number of carbonyl (C=O) groups excluding carboxylic acids is 1. The smallest absolute Gasteiger partial charge is 0.151 e. The molecule has 0 bridgehead atoms. The Labute approximate surface area is 120 Å². The van der Waals surface area contributed by atoms with Crippen molar-refractivity contribution in [1.29, 1.82) is 0 Å². The largest absolute Gasteiger partial charge is 0.342 e. The van der Waals surface area contributed by atoms with E-state index in [0.717, 1.165) is 28.7 Å². The predicted molar refractivity (Wildman–Crippen MR) is 78.6 cm³/mol. The number of halogens is 2. The van der Waals surface area contributed by atoms with Gasteiger partial charge in [0.15, 0.2) is 6.29 Å². The highest BCUT2D eigenvalue weighted by Gasteiger charge is 2.09. The quantitative estimate of drug-likeness (QED) is 0.769. The second-order valence-electron chi connectivity index (χ2n) is 4.04. The van der Waals surface area contributed by atoms with Gasteiger partial charge in [0.2, 0.25) is 0 Å². The molecule has 0 fully saturated rings. The van der Waals surface area contributed by atoms with Crippen LogP contribution in [0.3, 0.4) is 0 Å². The summed E-state index contributed by atoms with van der Waals surface area (Å²) in [6.45, 7) is 2.77. The molecule has 0 unspecified atom stereocenters. The Morgan fingerprint density at radius 1 is 1.16 bits per heavy atom. The van der Waals surface area contributed by atoms with E-state index in [1.165, 1.54) is 12.1 Å². The summed E-state index contributed by atoms with van der Waals surface area (Å²) in [5.74, 6) is -0.253. The molecule has 2 rings (SSSR count). The average Bonchev–Trinajstić information content (AvgIpc) is 2.42. The van der Waals surface area contributed by atoms with Crippen molar-refractivity contribution in [2.75, 3.05) is 11.4 Å². The van der Waals surface area contributed by atoms with Crippen molar-refractivity contribution in [3.63, 3.8) is 0 Å². The summed E-state index contributed by atoms with van der Waals surface area (Å²) in [4.78, 5) is 12.8. The van der Waals surface area contributed by atoms with Crippen LogP contribution in [0.15, 0.2) is 46.9 Å². The maximum Gasteiger partial charge on any atom is 0.151 e. The zero-order valence-corrected chi connectivity index (χ0v) is 12.0. The molecule has 0 aliphatic heterocycles. The molecule has 2 aromatic carbocycles. The van der Waals surface area contributed by atoms with Gasteiger partial charge in [0.25, 0.3) is 0 Å². The topological polar surface area (TPSA) is 20.3 Å². The Balaban J connectivity index is 2.39. The molecule has 0 aromatic heterocycles. The number of hydrogen-bond acceptors (Lipinski definition) is 2. The Kier molecular flexibility index (Phi) is 4.32. The predicted octanol–water partition coefficient (Wildman–Crippen LogP) is 4.56. The van der Waals surface area contributed by atoms with Gasteiger partial charge in [-0.2, -0.15) is 0 Å². The highest BCUT2D eigenvalue weighted by atomic mass is 79.9. The van der Waals surface area contributed by atoms with Gasteiger partial charge < -0.3 is 4.90 Å². The van der Waals surface area contributed by atoms with Gasteiger partial charge in [-0.1, -0.05) is 0 Å². The van der Waals surface area contributed by atoms with Gasteiger partial charge in [0, 0.05) is 28.0 Å². The lowest BCUT2D eigenvalue weighted by Crippen LogP contribution is -2.16. The van der Waals surface area contributed by atoms with Crippen LogP contribution in [-0.2, 0) is 0 Å². The number of carbonyl (C=O) groups is 1. The highest BCUT2D eigenvalue weighted by Crippen LogP contribution is 2.29. The Bertz CT molecular complexity index is 583. The van der Waals surface area contributed by atoms with Crippen molar-refractivity contribution in [2.24, 2.45) is 0 Å². The van der Waals surface area contributed by atoms with E-state index in [9.17, 15) is 9.18 Å². The second kappa shape index (κ2) is 5.97. The molecule has 0 aliphatic carbocycles. The van der Waals surface area contributed by atoms with E-state index in [-0.39, 0.29) is 5.82 Å². The fourth-order valence-electron chi connectivity index (χ4n) is 1.91. The number of nitrogens with zero attached hydrogens (tertiary/aromatic N) is 1. The van der Waals surface area contributed by atoms with Crippen LogP contribution in [0.5, 0.6) is 0 Å². The van der Waals surface area contributed by atoms with Crippen LogP contribution in [0.2, 0.25) is 0 Å². The number of benzene rings is 2. The minimum Gasteiger partial charge on any atom is -0.342 e. The average molecular weight is 322 g/mol. The van der Waals surface area contributed by atoms with Gasteiger partial charge in [-0.05, 0) is 65.3 Å². The first-order valence-electron chi connectivity index (χ1n) is 5.93. The lowest BCUT2D eigenvalue weighted by Gasteiger charge is -2.23. The van der Waals surface area contributed by atoms with Gasteiger partial charge in [-0.15, -0.1) is 0 Å². The molecule has 2 aromatic rings. The molecule has 2 nitrogen and oxygen atoms in total. The standard InChI is InChI=1S/C15H13BrFNO/c1-2-18(13-7-4-12(17)5-8-13)14-6-3-11(10-19)15(16)9-14/h3-10H,2H2,1H3. The van der Waals surface area contributed by atoms with Crippen molar-refractivity contribution in [3.05, 3.63) is 58.3 Å². The minimum atomic E-state index is -0.253. The number of hydrogen-bond donors (Lipinski definition) is 0. The molecule has 0 radical (unpaired) electrons. The summed E-state index contributed by atoms with van der Waals surface area (Å²) in [5.41, 5.74) is 2.47. The SMILES string of the molecule is CCN(c1ccc(F)cc1)c1ccc(C=O)c(Br)c1. The van der Waals surface area contributed by atoms with E-state index in [1.54, 1.807) is 18.2 Å². The third kappa shape index (κ3) is 3.01. The molecule has 98 valence electrons. The molecule has 0 saturated carbocycles. The van der Waals surface area contributed by atoms with E-state index >= 15 is 0 Å². The molecular formula is C15H13BrFNO.